The molecule has 1 amide bonds. The van der Waals surface area contributed by atoms with Crippen molar-refractivity contribution in [2.45, 2.75) is 12.8 Å². The number of hydrogen-bond donors (Lipinski definition) is 0. The van der Waals surface area contributed by atoms with Crippen molar-refractivity contribution < 1.29 is 4.79 Å². The van der Waals surface area contributed by atoms with Crippen LogP contribution in [0.3, 0.4) is 0 Å². The van der Waals surface area contributed by atoms with Gasteiger partial charge in [0.1, 0.15) is 4.32 Å². The Kier molecular flexibility index (Phi) is 5.08. The first-order valence-corrected chi connectivity index (χ1v) is 9.17. The number of rotatable bonds is 5. The molecule has 2 heterocycles. The lowest BCUT2D eigenvalue weighted by Crippen LogP contribution is -2.29. The molecule has 1 aromatic heterocycles. The standard InChI is InChI=1S/C17H15NOS3/c19-16-15(12-14-9-5-11-21-14)22-17(20)18(16)10-4-8-13-6-2-1-3-7-13/h1-3,5-7,9,11-12H,4,8,10H2. The normalized spacial score (nSPS) is 16.7. The molecule has 0 aliphatic carbocycles. The Balaban J connectivity index is 1.60. The van der Waals surface area contributed by atoms with Crippen molar-refractivity contribution in [1.29, 1.82) is 0 Å². The molecule has 0 saturated carbocycles. The molecule has 0 unspecified atom stereocenters. The molecule has 1 saturated heterocycles. The summed E-state index contributed by atoms with van der Waals surface area (Å²) in [6, 6.07) is 14.3. The fourth-order valence-corrected chi connectivity index (χ4v) is 4.31. The number of aryl methyl sites for hydroxylation is 1. The van der Waals surface area contributed by atoms with Crippen molar-refractivity contribution in [3.8, 4) is 0 Å². The highest BCUT2D eigenvalue weighted by Crippen LogP contribution is 2.33. The predicted molar refractivity (Wildman–Crippen MR) is 99.0 cm³/mol. The molecular weight excluding hydrogens is 330 g/mol. The van der Waals surface area contributed by atoms with Gasteiger partial charge in [-0.2, -0.15) is 0 Å². The van der Waals surface area contributed by atoms with E-state index in [0.29, 0.717) is 10.9 Å². The second-order valence-corrected chi connectivity index (χ2v) is 7.59. The highest BCUT2D eigenvalue weighted by atomic mass is 32.2. The van der Waals surface area contributed by atoms with Crippen molar-refractivity contribution in [3.63, 3.8) is 0 Å². The summed E-state index contributed by atoms with van der Waals surface area (Å²) >= 11 is 8.38. The fraction of sp³-hybridized carbons (Fsp3) is 0.176. The van der Waals surface area contributed by atoms with Crippen molar-refractivity contribution in [2.75, 3.05) is 6.54 Å². The number of benzene rings is 1. The predicted octanol–water partition coefficient (Wildman–Crippen LogP) is 4.58. The lowest BCUT2D eigenvalue weighted by atomic mass is 10.1. The summed E-state index contributed by atoms with van der Waals surface area (Å²) in [5.74, 6) is 0.0384. The van der Waals surface area contributed by atoms with Crippen molar-refractivity contribution >= 4 is 51.6 Å². The second-order valence-electron chi connectivity index (χ2n) is 4.94. The number of thiophene rings is 1. The maximum Gasteiger partial charge on any atom is 0.266 e. The highest BCUT2D eigenvalue weighted by molar-refractivity contribution is 8.26. The van der Waals surface area contributed by atoms with Crippen LogP contribution in [0.5, 0.6) is 0 Å². The lowest BCUT2D eigenvalue weighted by molar-refractivity contribution is -0.122. The average Bonchev–Trinajstić information content (AvgIpc) is 3.12. The summed E-state index contributed by atoms with van der Waals surface area (Å²) < 4.78 is 0.667. The van der Waals surface area contributed by atoms with Gasteiger partial charge in [-0.3, -0.25) is 9.69 Å². The Morgan fingerprint density at radius 2 is 1.95 bits per heavy atom. The van der Waals surface area contributed by atoms with Gasteiger partial charge in [-0.05, 0) is 35.9 Å². The van der Waals surface area contributed by atoms with Gasteiger partial charge in [0.15, 0.2) is 0 Å². The third-order valence-electron chi connectivity index (χ3n) is 3.38. The van der Waals surface area contributed by atoms with E-state index in [2.05, 4.69) is 12.1 Å². The zero-order valence-electron chi connectivity index (χ0n) is 11.9. The van der Waals surface area contributed by atoms with Crippen LogP contribution in [0, 0.1) is 0 Å². The maximum absolute atomic E-state index is 12.4. The van der Waals surface area contributed by atoms with Crippen LogP contribution in [0.4, 0.5) is 0 Å². The number of hydrogen-bond acceptors (Lipinski definition) is 4. The molecular formula is C17H15NOS3. The topological polar surface area (TPSA) is 20.3 Å². The molecule has 3 rings (SSSR count). The molecule has 1 fully saturated rings. The summed E-state index contributed by atoms with van der Waals surface area (Å²) in [7, 11) is 0. The van der Waals surface area contributed by atoms with Crippen LogP contribution in [-0.4, -0.2) is 21.7 Å². The Bertz CT molecular complexity index is 692. The lowest BCUT2D eigenvalue weighted by Gasteiger charge is -2.14. The largest absolute Gasteiger partial charge is 0.293 e. The number of thiocarbonyl (C=S) groups is 1. The van der Waals surface area contributed by atoms with Crippen molar-refractivity contribution in [2.24, 2.45) is 0 Å². The minimum absolute atomic E-state index is 0.0384. The van der Waals surface area contributed by atoms with Crippen LogP contribution in [0.15, 0.2) is 52.7 Å². The maximum atomic E-state index is 12.4. The van der Waals surface area contributed by atoms with E-state index >= 15 is 0 Å². The van der Waals surface area contributed by atoms with Crippen molar-refractivity contribution in [3.05, 3.63) is 63.2 Å². The average molecular weight is 346 g/mol. The summed E-state index contributed by atoms with van der Waals surface area (Å²) in [5.41, 5.74) is 1.29. The number of carbonyl (C=O) groups excluding carboxylic acids is 1. The molecule has 0 atom stereocenters. The van der Waals surface area contributed by atoms with Gasteiger partial charge in [0, 0.05) is 11.4 Å². The van der Waals surface area contributed by atoms with Gasteiger partial charge < -0.3 is 0 Å². The second kappa shape index (κ2) is 7.22. The van der Waals surface area contributed by atoms with Crippen LogP contribution in [-0.2, 0) is 11.2 Å². The Morgan fingerprint density at radius 3 is 2.68 bits per heavy atom. The Labute approximate surface area is 143 Å². The van der Waals surface area contributed by atoms with Crippen LogP contribution < -0.4 is 0 Å². The van der Waals surface area contributed by atoms with Gasteiger partial charge in [-0.1, -0.05) is 60.4 Å². The molecule has 1 aliphatic rings. The molecule has 0 spiro atoms. The van der Waals surface area contributed by atoms with Gasteiger partial charge in [0.2, 0.25) is 0 Å². The van der Waals surface area contributed by atoms with Gasteiger partial charge in [-0.25, -0.2) is 0 Å². The van der Waals surface area contributed by atoms with E-state index in [1.54, 1.807) is 16.2 Å². The molecule has 0 N–H and O–H groups in total. The number of amides is 1. The summed E-state index contributed by atoms with van der Waals surface area (Å²) in [5, 5.41) is 2.01. The van der Waals surface area contributed by atoms with E-state index in [1.807, 2.05) is 41.8 Å². The van der Waals surface area contributed by atoms with Crippen LogP contribution in [0.2, 0.25) is 0 Å². The molecule has 22 heavy (non-hydrogen) atoms. The van der Waals surface area contributed by atoms with Crippen LogP contribution in [0.1, 0.15) is 16.9 Å². The monoisotopic (exact) mass is 345 g/mol. The zero-order valence-corrected chi connectivity index (χ0v) is 14.3. The first kappa shape index (κ1) is 15.5. The number of thioether (sulfide) groups is 1. The van der Waals surface area contributed by atoms with E-state index in [-0.39, 0.29) is 5.91 Å². The molecule has 0 radical (unpaired) electrons. The Hall–Kier alpha value is -1.43. The van der Waals surface area contributed by atoms with Gasteiger partial charge in [0.05, 0.1) is 4.91 Å². The third kappa shape index (κ3) is 3.66. The molecule has 0 bridgehead atoms. The SMILES string of the molecule is O=C1C(=Cc2cccs2)SC(=S)N1CCCc1ccccc1. The third-order valence-corrected chi connectivity index (χ3v) is 5.58. The summed E-state index contributed by atoms with van der Waals surface area (Å²) in [6.45, 7) is 0.682. The molecule has 5 heteroatoms. The van der Waals surface area contributed by atoms with Gasteiger partial charge in [-0.15, -0.1) is 11.3 Å². The molecule has 1 aromatic carbocycles. The van der Waals surface area contributed by atoms with Crippen molar-refractivity contribution in [1.82, 2.24) is 4.90 Å². The minimum Gasteiger partial charge on any atom is -0.293 e. The van der Waals surface area contributed by atoms with Crippen LogP contribution in [0.25, 0.3) is 6.08 Å². The van der Waals surface area contributed by atoms with Crippen LogP contribution >= 0.6 is 35.3 Å². The smallest absolute Gasteiger partial charge is 0.266 e. The van der Waals surface area contributed by atoms with E-state index in [0.717, 1.165) is 22.6 Å². The van der Waals surface area contributed by atoms with Gasteiger partial charge in [0.25, 0.3) is 5.91 Å². The van der Waals surface area contributed by atoms with Gasteiger partial charge >= 0.3 is 0 Å². The first-order valence-electron chi connectivity index (χ1n) is 7.07. The first-order chi connectivity index (χ1) is 10.7. The molecule has 2 aromatic rings. The van der Waals surface area contributed by atoms with E-state index < -0.39 is 0 Å². The minimum atomic E-state index is 0.0384. The highest BCUT2D eigenvalue weighted by Gasteiger charge is 2.31. The molecule has 112 valence electrons. The zero-order chi connectivity index (χ0) is 15.4. The van der Waals surface area contributed by atoms with E-state index in [9.17, 15) is 4.79 Å². The Morgan fingerprint density at radius 1 is 1.14 bits per heavy atom. The fourth-order valence-electron chi connectivity index (χ4n) is 2.28. The van der Waals surface area contributed by atoms with E-state index in [4.69, 9.17) is 12.2 Å². The number of nitrogens with zero attached hydrogens (tertiary/aromatic N) is 1. The quantitative estimate of drug-likeness (QED) is 0.584. The molecule has 2 nitrogen and oxygen atoms in total. The number of carbonyl (C=O) groups is 1. The summed E-state index contributed by atoms with van der Waals surface area (Å²) in [6.07, 6.45) is 3.81. The summed E-state index contributed by atoms with van der Waals surface area (Å²) in [4.78, 5) is 16.0. The van der Waals surface area contributed by atoms with E-state index in [1.165, 1.54) is 17.3 Å². The molecule has 1 aliphatic heterocycles.